The Bertz CT molecular complexity index is 1380. The molecule has 3 N–H and O–H groups in total. The van der Waals surface area contributed by atoms with Gasteiger partial charge in [0, 0.05) is 39.9 Å². The van der Waals surface area contributed by atoms with Crippen LogP contribution in [0.3, 0.4) is 0 Å². The number of hydrogen-bond acceptors (Lipinski definition) is 8. The van der Waals surface area contributed by atoms with Crippen LogP contribution in [-0.4, -0.2) is 38.1 Å². The maximum Gasteiger partial charge on any atom is 0.269 e. The van der Waals surface area contributed by atoms with Gasteiger partial charge in [0.15, 0.2) is 0 Å². The third kappa shape index (κ3) is 5.07. The summed E-state index contributed by atoms with van der Waals surface area (Å²) >= 11 is 1.05. The second-order valence-electron chi connectivity index (χ2n) is 6.94. The van der Waals surface area contributed by atoms with E-state index in [4.69, 9.17) is 0 Å². The van der Waals surface area contributed by atoms with Crippen LogP contribution in [0, 0.1) is 17.0 Å². The fourth-order valence-corrected chi connectivity index (χ4v) is 3.82. The minimum Gasteiger partial charge on any atom is -0.358 e. The molecule has 4 aromatic rings. The lowest BCUT2D eigenvalue weighted by atomic mass is 10.1. The summed E-state index contributed by atoms with van der Waals surface area (Å²) in [6.45, 7) is 1.93. The number of carbonyl (C=O) groups excluding carboxylic acids is 2. The van der Waals surface area contributed by atoms with E-state index in [1.807, 2.05) is 31.2 Å². The van der Waals surface area contributed by atoms with Crippen LogP contribution >= 0.6 is 11.3 Å². The van der Waals surface area contributed by atoms with Gasteiger partial charge < -0.3 is 4.98 Å². The van der Waals surface area contributed by atoms with Crippen molar-refractivity contribution in [2.24, 2.45) is 5.10 Å². The number of non-ortho nitro benzene ring substituents is 1. The molecule has 0 saturated carbocycles. The van der Waals surface area contributed by atoms with Gasteiger partial charge >= 0.3 is 0 Å². The van der Waals surface area contributed by atoms with Crippen molar-refractivity contribution >= 4 is 51.1 Å². The molecule has 12 heteroatoms. The first-order chi connectivity index (χ1) is 15.9. The standard InChI is InChI=1S/C21H17N7O4S/c1-12-16(15-4-2-3-5-17(15)23-12)11-22-25-18(29)10-19-26-27-21(33-19)24-20(30)13-6-8-14(9-7-13)28(31)32/h2-9,11,23H,10H2,1H3,(H,25,29)(H,24,27,30)/b22-11-. The van der Waals surface area contributed by atoms with E-state index in [1.165, 1.54) is 24.3 Å². The average Bonchev–Trinajstić information content (AvgIpc) is 3.37. The van der Waals surface area contributed by atoms with Gasteiger partial charge in [-0.15, -0.1) is 10.2 Å². The molecular weight excluding hydrogens is 446 g/mol. The molecular formula is C21H17N7O4S. The third-order valence-corrected chi connectivity index (χ3v) is 5.50. The summed E-state index contributed by atoms with van der Waals surface area (Å²) in [6, 6.07) is 13.0. The molecule has 0 aliphatic heterocycles. The number of anilines is 1. The molecule has 0 radical (unpaired) electrons. The monoisotopic (exact) mass is 463 g/mol. The molecule has 0 saturated heterocycles. The summed E-state index contributed by atoms with van der Waals surface area (Å²) in [5, 5.41) is 26.6. The van der Waals surface area contributed by atoms with Gasteiger partial charge in [-0.25, -0.2) is 5.43 Å². The number of amides is 2. The first-order valence-corrected chi connectivity index (χ1v) is 10.5. The highest BCUT2D eigenvalue weighted by molar-refractivity contribution is 7.15. The second-order valence-corrected chi connectivity index (χ2v) is 8.00. The Balaban J connectivity index is 1.33. The van der Waals surface area contributed by atoms with Gasteiger partial charge in [-0.05, 0) is 25.1 Å². The lowest BCUT2D eigenvalue weighted by Gasteiger charge is -2.00. The molecule has 0 fully saturated rings. The highest BCUT2D eigenvalue weighted by Crippen LogP contribution is 2.20. The Morgan fingerprint density at radius 2 is 1.94 bits per heavy atom. The van der Waals surface area contributed by atoms with Crippen molar-refractivity contribution in [3.63, 3.8) is 0 Å². The first kappa shape index (κ1) is 21.8. The number of nitro benzene ring substituents is 1. The van der Waals surface area contributed by atoms with Crippen LogP contribution in [0.15, 0.2) is 53.6 Å². The van der Waals surface area contributed by atoms with Crippen LogP contribution < -0.4 is 10.7 Å². The van der Waals surface area contributed by atoms with Crippen molar-refractivity contribution in [3.8, 4) is 0 Å². The zero-order valence-corrected chi connectivity index (χ0v) is 18.0. The van der Waals surface area contributed by atoms with Crippen LogP contribution in [0.25, 0.3) is 10.9 Å². The summed E-state index contributed by atoms with van der Waals surface area (Å²) < 4.78 is 0. The topological polar surface area (TPSA) is 155 Å². The van der Waals surface area contributed by atoms with Gasteiger partial charge in [-0.3, -0.25) is 25.0 Å². The molecule has 2 heterocycles. The smallest absolute Gasteiger partial charge is 0.269 e. The van der Waals surface area contributed by atoms with Crippen LogP contribution in [0.2, 0.25) is 0 Å². The maximum atomic E-state index is 12.3. The summed E-state index contributed by atoms with van der Waals surface area (Å²) in [7, 11) is 0. The SMILES string of the molecule is Cc1[nH]c2ccccc2c1/C=N\NC(=O)Cc1nnc(NC(=O)c2ccc([N+](=O)[O-])cc2)s1. The minimum absolute atomic E-state index is 0.0602. The highest BCUT2D eigenvalue weighted by atomic mass is 32.1. The molecule has 2 aromatic carbocycles. The maximum absolute atomic E-state index is 12.3. The minimum atomic E-state index is -0.546. The first-order valence-electron chi connectivity index (χ1n) is 9.68. The number of carbonyl (C=O) groups is 2. The van der Waals surface area contributed by atoms with Crippen LogP contribution in [0.5, 0.6) is 0 Å². The summed E-state index contributed by atoms with van der Waals surface area (Å²) in [5.41, 5.74) is 5.40. The largest absolute Gasteiger partial charge is 0.358 e. The number of nitrogens with one attached hydrogen (secondary N) is 3. The highest BCUT2D eigenvalue weighted by Gasteiger charge is 2.14. The molecule has 166 valence electrons. The fourth-order valence-electron chi connectivity index (χ4n) is 3.09. The van der Waals surface area contributed by atoms with E-state index in [9.17, 15) is 19.7 Å². The number of aryl methyl sites for hydroxylation is 1. The Morgan fingerprint density at radius 3 is 2.70 bits per heavy atom. The number of H-pyrrole nitrogens is 1. The molecule has 0 aliphatic carbocycles. The number of fused-ring (bicyclic) bond motifs is 1. The van der Waals surface area contributed by atoms with Gasteiger partial charge in [-0.1, -0.05) is 29.5 Å². The molecule has 0 unspecified atom stereocenters. The van der Waals surface area contributed by atoms with E-state index in [0.717, 1.165) is 33.5 Å². The third-order valence-electron chi connectivity index (χ3n) is 4.67. The number of nitro groups is 1. The van der Waals surface area contributed by atoms with Gasteiger partial charge in [-0.2, -0.15) is 5.10 Å². The average molecular weight is 463 g/mol. The van der Waals surface area contributed by atoms with Crippen LogP contribution in [-0.2, 0) is 11.2 Å². The fraction of sp³-hybridized carbons (Fsp3) is 0.0952. The van der Waals surface area contributed by atoms with Gasteiger partial charge in [0.05, 0.1) is 17.6 Å². The molecule has 0 bridgehead atoms. The number of rotatable bonds is 7. The zero-order chi connectivity index (χ0) is 23.4. The lowest BCUT2D eigenvalue weighted by molar-refractivity contribution is -0.384. The molecule has 0 atom stereocenters. The van der Waals surface area contributed by atoms with Gasteiger partial charge in [0.1, 0.15) is 5.01 Å². The number of para-hydroxylation sites is 1. The molecule has 11 nitrogen and oxygen atoms in total. The van der Waals surface area contributed by atoms with E-state index in [0.29, 0.717) is 5.01 Å². The summed E-state index contributed by atoms with van der Waals surface area (Å²) in [4.78, 5) is 37.9. The van der Waals surface area contributed by atoms with Crippen molar-refractivity contribution in [1.29, 1.82) is 0 Å². The number of aromatic nitrogens is 3. The van der Waals surface area contributed by atoms with E-state index in [-0.39, 0.29) is 28.7 Å². The number of aromatic amines is 1. The van der Waals surface area contributed by atoms with Crippen LogP contribution in [0.4, 0.5) is 10.8 Å². The number of hydrazone groups is 1. The number of hydrogen-bond donors (Lipinski definition) is 3. The van der Waals surface area contributed by atoms with Crippen molar-refractivity contribution in [2.75, 3.05) is 5.32 Å². The normalized spacial score (nSPS) is 11.1. The zero-order valence-electron chi connectivity index (χ0n) is 17.2. The lowest BCUT2D eigenvalue weighted by Crippen LogP contribution is -2.19. The Hall–Kier alpha value is -4.45. The van der Waals surface area contributed by atoms with Crippen molar-refractivity contribution in [2.45, 2.75) is 13.3 Å². The molecule has 0 spiro atoms. The molecule has 2 aromatic heterocycles. The number of nitrogens with zero attached hydrogens (tertiary/aromatic N) is 4. The van der Waals surface area contributed by atoms with E-state index in [1.54, 1.807) is 6.21 Å². The van der Waals surface area contributed by atoms with Crippen molar-refractivity contribution in [1.82, 2.24) is 20.6 Å². The second kappa shape index (κ2) is 9.36. The quantitative estimate of drug-likeness (QED) is 0.217. The Morgan fingerprint density at radius 1 is 1.18 bits per heavy atom. The van der Waals surface area contributed by atoms with E-state index in [2.05, 4.69) is 31.0 Å². The molecule has 33 heavy (non-hydrogen) atoms. The van der Waals surface area contributed by atoms with Gasteiger partial charge in [0.25, 0.3) is 11.6 Å². The Kier molecular flexibility index (Phi) is 6.17. The number of benzene rings is 2. The van der Waals surface area contributed by atoms with Crippen LogP contribution in [0.1, 0.15) is 26.6 Å². The van der Waals surface area contributed by atoms with Crippen molar-refractivity contribution in [3.05, 3.63) is 80.5 Å². The summed E-state index contributed by atoms with van der Waals surface area (Å²) in [5.74, 6) is -0.871. The van der Waals surface area contributed by atoms with Gasteiger partial charge in [0.2, 0.25) is 11.0 Å². The summed E-state index contributed by atoms with van der Waals surface area (Å²) in [6.07, 6.45) is 1.53. The molecule has 2 amide bonds. The van der Waals surface area contributed by atoms with E-state index < -0.39 is 10.8 Å². The predicted octanol–water partition coefficient (Wildman–Crippen LogP) is 3.18. The molecule has 4 rings (SSSR count). The molecule has 0 aliphatic rings. The Labute approximate surface area is 190 Å². The van der Waals surface area contributed by atoms with E-state index >= 15 is 0 Å². The predicted molar refractivity (Wildman–Crippen MR) is 123 cm³/mol. The van der Waals surface area contributed by atoms with Crippen molar-refractivity contribution < 1.29 is 14.5 Å².